The van der Waals surface area contributed by atoms with Gasteiger partial charge in [-0.15, -0.1) is 0 Å². The van der Waals surface area contributed by atoms with Gasteiger partial charge in [-0.25, -0.2) is 0 Å². The molecule has 0 saturated carbocycles. The molecule has 2 heterocycles. The van der Waals surface area contributed by atoms with Crippen LogP contribution in [-0.4, -0.2) is 43.9 Å². The molecule has 0 spiro atoms. The lowest BCUT2D eigenvalue weighted by Crippen LogP contribution is -2.51. The second kappa shape index (κ2) is 3.44. The van der Waals surface area contributed by atoms with Crippen LogP contribution in [0.4, 0.5) is 0 Å². The first-order chi connectivity index (χ1) is 6.49. The van der Waals surface area contributed by atoms with Crippen molar-refractivity contribution in [1.29, 1.82) is 0 Å². The van der Waals surface area contributed by atoms with Gasteiger partial charge in [-0.3, -0.25) is 0 Å². The normalized spacial score (nSPS) is 33.1. The van der Waals surface area contributed by atoms with Crippen LogP contribution >= 0.6 is 0 Å². The van der Waals surface area contributed by atoms with E-state index in [2.05, 4.69) is 10.0 Å². The summed E-state index contributed by atoms with van der Waals surface area (Å²) < 4.78 is 27.8. The Hall–Kier alpha value is -0.170. The van der Waals surface area contributed by atoms with E-state index in [0.717, 1.165) is 13.0 Å². The lowest BCUT2D eigenvalue weighted by Gasteiger charge is -2.27. The minimum absolute atomic E-state index is 0.0351. The summed E-state index contributed by atoms with van der Waals surface area (Å²) in [5.41, 5.74) is 0. The topological polar surface area (TPSA) is 61.4 Å². The van der Waals surface area contributed by atoms with E-state index in [-0.39, 0.29) is 12.1 Å². The van der Waals surface area contributed by atoms with E-state index >= 15 is 0 Å². The fraction of sp³-hybridized carbons (Fsp3) is 1.00. The van der Waals surface area contributed by atoms with Gasteiger partial charge in [-0.05, 0) is 20.3 Å². The number of nitrogens with zero attached hydrogens (tertiary/aromatic N) is 1. The Morgan fingerprint density at radius 2 is 2.21 bits per heavy atom. The third kappa shape index (κ3) is 1.79. The number of fused-ring (bicyclic) bond motifs is 2. The van der Waals surface area contributed by atoms with Crippen molar-refractivity contribution in [3.63, 3.8) is 0 Å². The lowest BCUT2D eigenvalue weighted by molar-refractivity contribution is 0.341. The standard InChI is InChI=1S/C8H17N3O2S/c1-6(2)10-14(12,13)11-5-7-3-8(11)4-9-7/h6-10H,3-5H2,1-2H3. The molecule has 2 fully saturated rings. The third-order valence-electron chi connectivity index (χ3n) is 2.70. The molecule has 0 aromatic carbocycles. The molecule has 0 amide bonds. The van der Waals surface area contributed by atoms with Crippen molar-refractivity contribution < 1.29 is 8.42 Å². The average molecular weight is 219 g/mol. The van der Waals surface area contributed by atoms with Crippen molar-refractivity contribution in [3.8, 4) is 0 Å². The van der Waals surface area contributed by atoms with E-state index < -0.39 is 10.2 Å². The van der Waals surface area contributed by atoms with Gasteiger partial charge in [0.25, 0.3) is 10.2 Å². The number of hydrogen-bond acceptors (Lipinski definition) is 3. The molecule has 0 aliphatic carbocycles. The molecule has 0 radical (unpaired) electrons. The monoisotopic (exact) mass is 219 g/mol. The van der Waals surface area contributed by atoms with Crippen LogP contribution in [0.25, 0.3) is 0 Å². The minimum Gasteiger partial charge on any atom is -0.311 e. The highest BCUT2D eigenvalue weighted by molar-refractivity contribution is 7.87. The Kier molecular flexibility index (Phi) is 2.55. The molecule has 6 heteroatoms. The smallest absolute Gasteiger partial charge is 0.280 e. The van der Waals surface area contributed by atoms with E-state index in [1.807, 2.05) is 13.8 Å². The van der Waals surface area contributed by atoms with Crippen molar-refractivity contribution in [3.05, 3.63) is 0 Å². The maximum atomic E-state index is 11.8. The molecule has 2 rings (SSSR count). The Morgan fingerprint density at radius 1 is 1.50 bits per heavy atom. The van der Waals surface area contributed by atoms with E-state index in [4.69, 9.17) is 0 Å². The van der Waals surface area contributed by atoms with E-state index in [9.17, 15) is 8.42 Å². The molecule has 0 aromatic heterocycles. The number of piperazine rings is 1. The molecule has 2 aliphatic rings. The van der Waals surface area contributed by atoms with E-state index in [1.165, 1.54) is 0 Å². The van der Waals surface area contributed by atoms with Crippen LogP contribution in [0.5, 0.6) is 0 Å². The Balaban J connectivity index is 2.08. The van der Waals surface area contributed by atoms with Crippen molar-refractivity contribution in [1.82, 2.24) is 14.3 Å². The predicted molar refractivity (Wildman–Crippen MR) is 54.1 cm³/mol. The Labute approximate surface area is 85.0 Å². The molecule has 2 atom stereocenters. The summed E-state index contributed by atoms with van der Waals surface area (Å²) in [5, 5.41) is 3.28. The summed E-state index contributed by atoms with van der Waals surface area (Å²) in [5.74, 6) is 0. The maximum Gasteiger partial charge on any atom is 0.280 e. The largest absolute Gasteiger partial charge is 0.311 e. The molecule has 2 N–H and O–H groups in total. The molecule has 82 valence electrons. The van der Waals surface area contributed by atoms with Gasteiger partial charge in [0.15, 0.2) is 0 Å². The molecular weight excluding hydrogens is 202 g/mol. The van der Waals surface area contributed by atoms with Gasteiger partial charge in [0.1, 0.15) is 0 Å². The van der Waals surface area contributed by atoms with Crippen LogP contribution in [0.3, 0.4) is 0 Å². The van der Waals surface area contributed by atoms with E-state index in [0.29, 0.717) is 12.6 Å². The van der Waals surface area contributed by atoms with Crippen molar-refractivity contribution in [2.75, 3.05) is 13.1 Å². The molecule has 5 nitrogen and oxygen atoms in total. The zero-order chi connectivity index (χ0) is 10.3. The van der Waals surface area contributed by atoms with Crippen LogP contribution in [0.15, 0.2) is 0 Å². The van der Waals surface area contributed by atoms with Gasteiger partial charge in [-0.2, -0.15) is 17.4 Å². The highest BCUT2D eigenvalue weighted by Gasteiger charge is 2.43. The van der Waals surface area contributed by atoms with Gasteiger partial charge in [0.2, 0.25) is 0 Å². The fourth-order valence-corrected chi connectivity index (χ4v) is 3.84. The van der Waals surface area contributed by atoms with Crippen LogP contribution in [0.2, 0.25) is 0 Å². The summed E-state index contributed by atoms with van der Waals surface area (Å²) in [6, 6.07) is 0.493. The first-order valence-electron chi connectivity index (χ1n) is 5.01. The van der Waals surface area contributed by atoms with Gasteiger partial charge >= 0.3 is 0 Å². The zero-order valence-corrected chi connectivity index (χ0v) is 9.34. The van der Waals surface area contributed by atoms with Gasteiger partial charge < -0.3 is 5.32 Å². The molecule has 14 heavy (non-hydrogen) atoms. The van der Waals surface area contributed by atoms with Crippen LogP contribution < -0.4 is 10.0 Å². The second-order valence-electron chi connectivity index (χ2n) is 4.34. The molecule has 0 aromatic rings. The molecule has 2 unspecified atom stereocenters. The van der Waals surface area contributed by atoms with Crippen LogP contribution in [-0.2, 0) is 10.2 Å². The second-order valence-corrected chi connectivity index (χ2v) is 6.00. The number of nitrogens with one attached hydrogen (secondary N) is 2. The summed E-state index contributed by atoms with van der Waals surface area (Å²) in [6.45, 7) is 5.09. The van der Waals surface area contributed by atoms with Gasteiger partial charge in [-0.1, -0.05) is 0 Å². The number of hydrogen-bond donors (Lipinski definition) is 2. The first kappa shape index (κ1) is 10.4. The van der Waals surface area contributed by atoms with Crippen molar-refractivity contribution >= 4 is 10.2 Å². The first-order valence-corrected chi connectivity index (χ1v) is 6.45. The molecule has 2 saturated heterocycles. The third-order valence-corrected chi connectivity index (χ3v) is 4.53. The Bertz CT molecular complexity index is 315. The maximum absolute atomic E-state index is 11.8. The molecular formula is C8H17N3O2S. The van der Waals surface area contributed by atoms with Crippen molar-refractivity contribution in [2.45, 2.75) is 38.4 Å². The lowest BCUT2D eigenvalue weighted by atomic mass is 10.2. The van der Waals surface area contributed by atoms with Crippen molar-refractivity contribution in [2.24, 2.45) is 0 Å². The zero-order valence-electron chi connectivity index (χ0n) is 8.53. The summed E-state index contributed by atoms with van der Waals surface area (Å²) in [4.78, 5) is 0. The number of rotatable bonds is 3. The highest BCUT2D eigenvalue weighted by atomic mass is 32.2. The van der Waals surface area contributed by atoms with Crippen LogP contribution in [0.1, 0.15) is 20.3 Å². The summed E-state index contributed by atoms with van der Waals surface area (Å²) >= 11 is 0. The highest BCUT2D eigenvalue weighted by Crippen LogP contribution is 2.25. The van der Waals surface area contributed by atoms with Gasteiger partial charge in [0, 0.05) is 31.2 Å². The molecule has 2 aliphatic heterocycles. The SMILES string of the molecule is CC(C)NS(=O)(=O)N1CC2CC1CN2. The average Bonchev–Trinajstić information content (AvgIpc) is 2.60. The molecule has 2 bridgehead atoms. The fourth-order valence-electron chi connectivity index (χ4n) is 2.18. The van der Waals surface area contributed by atoms with E-state index in [1.54, 1.807) is 4.31 Å². The quantitative estimate of drug-likeness (QED) is 0.658. The summed E-state index contributed by atoms with van der Waals surface area (Å²) in [7, 11) is -3.25. The van der Waals surface area contributed by atoms with Crippen LogP contribution in [0, 0.1) is 0 Å². The predicted octanol–water partition coefficient (Wildman–Crippen LogP) is -0.725. The van der Waals surface area contributed by atoms with Gasteiger partial charge in [0.05, 0.1) is 0 Å². The summed E-state index contributed by atoms with van der Waals surface area (Å²) in [6.07, 6.45) is 0.957. The minimum atomic E-state index is -3.25. The Morgan fingerprint density at radius 3 is 2.64 bits per heavy atom.